The van der Waals surface area contributed by atoms with E-state index in [0.29, 0.717) is 18.3 Å². The Bertz CT molecular complexity index is 416. The summed E-state index contributed by atoms with van der Waals surface area (Å²) in [7, 11) is 0. The number of nitrogens with one attached hydrogen (secondary N) is 1. The van der Waals surface area contributed by atoms with Crippen molar-refractivity contribution in [1.29, 1.82) is 0 Å². The standard InChI is InChI=1S/C14H19ClF2N2/c1-2-4-11-9-19(6-3-5-18-11)14-12(15)7-10(16)8-13(14)17/h7-8,11,18H,2-6,9H2,1H3. The monoisotopic (exact) mass is 288 g/mol. The van der Waals surface area contributed by atoms with Crippen molar-refractivity contribution in [2.75, 3.05) is 24.5 Å². The zero-order valence-corrected chi connectivity index (χ0v) is 11.8. The number of rotatable bonds is 3. The molecule has 106 valence electrons. The van der Waals surface area contributed by atoms with E-state index in [1.54, 1.807) is 0 Å². The third-order valence-corrected chi connectivity index (χ3v) is 3.70. The van der Waals surface area contributed by atoms with Gasteiger partial charge in [-0.05, 0) is 25.5 Å². The zero-order valence-electron chi connectivity index (χ0n) is 11.1. The maximum atomic E-state index is 14.0. The topological polar surface area (TPSA) is 15.3 Å². The first-order valence-corrected chi connectivity index (χ1v) is 7.12. The fourth-order valence-electron chi connectivity index (χ4n) is 2.58. The van der Waals surface area contributed by atoms with Crippen LogP contribution in [0.15, 0.2) is 12.1 Å². The molecule has 2 nitrogen and oxygen atoms in total. The predicted molar refractivity (Wildman–Crippen MR) is 74.9 cm³/mol. The van der Waals surface area contributed by atoms with E-state index in [1.165, 1.54) is 6.07 Å². The Balaban J connectivity index is 2.24. The van der Waals surface area contributed by atoms with Crippen LogP contribution in [0.2, 0.25) is 5.02 Å². The second-order valence-corrected chi connectivity index (χ2v) is 5.36. The molecule has 19 heavy (non-hydrogen) atoms. The molecule has 0 saturated carbocycles. The van der Waals surface area contributed by atoms with Gasteiger partial charge in [-0.1, -0.05) is 24.9 Å². The van der Waals surface area contributed by atoms with Crippen LogP contribution in [0.3, 0.4) is 0 Å². The number of anilines is 1. The van der Waals surface area contributed by atoms with Gasteiger partial charge < -0.3 is 10.2 Å². The Hall–Kier alpha value is -0.870. The van der Waals surface area contributed by atoms with Gasteiger partial charge in [0.15, 0.2) is 5.82 Å². The van der Waals surface area contributed by atoms with Crippen molar-refractivity contribution < 1.29 is 8.78 Å². The lowest BCUT2D eigenvalue weighted by molar-refractivity contribution is 0.500. The minimum absolute atomic E-state index is 0.148. The average Bonchev–Trinajstić information content (AvgIpc) is 2.54. The van der Waals surface area contributed by atoms with E-state index in [9.17, 15) is 8.78 Å². The lowest BCUT2D eigenvalue weighted by Gasteiger charge is -2.27. The molecule has 0 amide bonds. The van der Waals surface area contributed by atoms with Crippen molar-refractivity contribution >= 4 is 17.3 Å². The molecule has 0 aliphatic carbocycles. The summed E-state index contributed by atoms with van der Waals surface area (Å²) in [6.07, 6.45) is 3.04. The molecule has 1 fully saturated rings. The van der Waals surface area contributed by atoms with E-state index >= 15 is 0 Å². The molecule has 1 aliphatic heterocycles. The Kier molecular flexibility index (Phi) is 4.99. The highest BCUT2D eigenvalue weighted by atomic mass is 35.5. The van der Waals surface area contributed by atoms with Gasteiger partial charge in [0, 0.05) is 25.2 Å². The quantitative estimate of drug-likeness (QED) is 0.914. The van der Waals surface area contributed by atoms with E-state index in [4.69, 9.17) is 11.6 Å². The Morgan fingerprint density at radius 2 is 2.21 bits per heavy atom. The second kappa shape index (κ2) is 6.53. The zero-order chi connectivity index (χ0) is 13.8. The normalized spacial score (nSPS) is 20.4. The molecule has 0 radical (unpaired) electrons. The minimum atomic E-state index is -0.635. The lowest BCUT2D eigenvalue weighted by atomic mass is 10.1. The summed E-state index contributed by atoms with van der Waals surface area (Å²) in [4.78, 5) is 1.93. The summed E-state index contributed by atoms with van der Waals surface area (Å²) >= 11 is 6.00. The predicted octanol–water partition coefficient (Wildman–Crippen LogP) is 3.59. The highest BCUT2D eigenvalue weighted by molar-refractivity contribution is 6.33. The van der Waals surface area contributed by atoms with Gasteiger partial charge in [-0.3, -0.25) is 0 Å². The smallest absolute Gasteiger partial charge is 0.150 e. The second-order valence-electron chi connectivity index (χ2n) is 4.96. The van der Waals surface area contributed by atoms with Crippen molar-refractivity contribution in [1.82, 2.24) is 5.32 Å². The van der Waals surface area contributed by atoms with E-state index in [1.807, 2.05) is 4.90 Å². The van der Waals surface area contributed by atoms with Crippen molar-refractivity contribution in [2.45, 2.75) is 32.2 Å². The first-order valence-electron chi connectivity index (χ1n) is 6.74. The molecule has 0 bridgehead atoms. The lowest BCUT2D eigenvalue weighted by Crippen LogP contribution is -2.38. The van der Waals surface area contributed by atoms with E-state index in [-0.39, 0.29) is 5.02 Å². The van der Waals surface area contributed by atoms with Crippen LogP contribution < -0.4 is 10.2 Å². The molecule has 1 aromatic rings. The Labute approximate surface area is 117 Å². The fourth-order valence-corrected chi connectivity index (χ4v) is 2.89. The van der Waals surface area contributed by atoms with Gasteiger partial charge >= 0.3 is 0 Å². The van der Waals surface area contributed by atoms with E-state index < -0.39 is 11.6 Å². The van der Waals surface area contributed by atoms with Gasteiger partial charge in [0.2, 0.25) is 0 Å². The van der Waals surface area contributed by atoms with Gasteiger partial charge in [-0.2, -0.15) is 0 Å². The van der Waals surface area contributed by atoms with Crippen LogP contribution in [0.4, 0.5) is 14.5 Å². The summed E-state index contributed by atoms with van der Waals surface area (Å²) in [5.41, 5.74) is 0.327. The molecule has 2 rings (SSSR count). The highest BCUT2D eigenvalue weighted by Crippen LogP contribution is 2.31. The van der Waals surface area contributed by atoms with Crippen molar-refractivity contribution in [2.24, 2.45) is 0 Å². The molecular formula is C14H19ClF2N2. The number of halogens is 3. The van der Waals surface area contributed by atoms with Crippen molar-refractivity contribution in [3.63, 3.8) is 0 Å². The molecule has 1 heterocycles. The molecular weight excluding hydrogens is 270 g/mol. The van der Waals surface area contributed by atoms with Crippen LogP contribution >= 0.6 is 11.6 Å². The summed E-state index contributed by atoms with van der Waals surface area (Å²) in [5.74, 6) is -1.22. The Morgan fingerprint density at radius 3 is 2.89 bits per heavy atom. The number of hydrogen-bond donors (Lipinski definition) is 1. The van der Waals surface area contributed by atoms with Gasteiger partial charge in [0.25, 0.3) is 0 Å². The molecule has 1 saturated heterocycles. The largest absolute Gasteiger partial charge is 0.366 e. The molecule has 1 N–H and O–H groups in total. The maximum Gasteiger partial charge on any atom is 0.150 e. The van der Waals surface area contributed by atoms with Crippen LogP contribution in [0.5, 0.6) is 0 Å². The van der Waals surface area contributed by atoms with E-state index in [2.05, 4.69) is 12.2 Å². The summed E-state index contributed by atoms with van der Waals surface area (Å²) in [6.45, 7) is 4.48. The van der Waals surface area contributed by atoms with Gasteiger partial charge in [-0.15, -0.1) is 0 Å². The first kappa shape index (κ1) is 14.5. The molecule has 1 atom stereocenters. The molecule has 1 aliphatic rings. The molecule has 5 heteroatoms. The van der Waals surface area contributed by atoms with Crippen LogP contribution in [-0.2, 0) is 0 Å². The van der Waals surface area contributed by atoms with Crippen LogP contribution in [0.25, 0.3) is 0 Å². The number of nitrogens with zero attached hydrogens (tertiary/aromatic N) is 1. The summed E-state index contributed by atoms with van der Waals surface area (Å²) < 4.78 is 27.1. The van der Waals surface area contributed by atoms with Gasteiger partial charge in [-0.25, -0.2) is 8.78 Å². The Morgan fingerprint density at radius 1 is 1.42 bits per heavy atom. The highest BCUT2D eigenvalue weighted by Gasteiger charge is 2.22. The van der Waals surface area contributed by atoms with Crippen molar-refractivity contribution in [3.05, 3.63) is 28.8 Å². The SMILES string of the molecule is CCCC1CN(c2c(F)cc(F)cc2Cl)CCCN1. The van der Waals surface area contributed by atoms with Crippen LogP contribution in [-0.4, -0.2) is 25.7 Å². The van der Waals surface area contributed by atoms with Crippen LogP contribution in [0.1, 0.15) is 26.2 Å². The number of benzene rings is 1. The first-order chi connectivity index (χ1) is 9.11. The van der Waals surface area contributed by atoms with Crippen LogP contribution in [0, 0.1) is 11.6 Å². The number of hydrogen-bond acceptors (Lipinski definition) is 2. The molecule has 1 unspecified atom stereocenters. The molecule has 0 spiro atoms. The third-order valence-electron chi connectivity index (χ3n) is 3.41. The summed E-state index contributed by atoms with van der Waals surface area (Å²) in [6, 6.07) is 2.40. The van der Waals surface area contributed by atoms with E-state index in [0.717, 1.165) is 38.4 Å². The van der Waals surface area contributed by atoms with Gasteiger partial charge in [0.1, 0.15) is 5.82 Å². The minimum Gasteiger partial charge on any atom is -0.366 e. The third kappa shape index (κ3) is 3.57. The fraction of sp³-hybridized carbons (Fsp3) is 0.571. The maximum absolute atomic E-state index is 14.0. The van der Waals surface area contributed by atoms with Crippen molar-refractivity contribution in [3.8, 4) is 0 Å². The summed E-state index contributed by atoms with van der Waals surface area (Å²) in [5, 5.41) is 3.60. The molecule has 0 aromatic heterocycles. The molecule has 1 aromatic carbocycles. The average molecular weight is 289 g/mol. The van der Waals surface area contributed by atoms with Gasteiger partial charge in [0.05, 0.1) is 10.7 Å².